The molecular weight excluding hydrogens is 380 g/mol. The summed E-state index contributed by atoms with van der Waals surface area (Å²) in [6.07, 6.45) is 1.56. The van der Waals surface area contributed by atoms with Crippen LogP contribution in [0.4, 0.5) is 4.79 Å². The van der Waals surface area contributed by atoms with Crippen LogP contribution >= 0.6 is 27.3 Å². The molecule has 1 aliphatic heterocycles. The van der Waals surface area contributed by atoms with E-state index in [0.29, 0.717) is 6.54 Å². The first kappa shape index (κ1) is 18.1. The van der Waals surface area contributed by atoms with Crippen LogP contribution in [0, 0.1) is 0 Å². The Bertz CT molecular complexity index is 555. The van der Waals surface area contributed by atoms with Crippen molar-refractivity contribution < 1.29 is 9.59 Å². The standard InChI is InChI=1S/C15H21BrN4O2S/c1-2-5-17-15(22)18-14(21)11-20-8-6-19(7-9-20)10-12-3-4-13(16)23-12/h2-4H,1,5-11H2,(H2,17,18,21,22). The van der Waals surface area contributed by atoms with Gasteiger partial charge < -0.3 is 5.32 Å². The Hall–Kier alpha value is -1.22. The lowest BCUT2D eigenvalue weighted by Crippen LogP contribution is -2.50. The van der Waals surface area contributed by atoms with Gasteiger partial charge >= 0.3 is 6.03 Å². The quantitative estimate of drug-likeness (QED) is 0.712. The summed E-state index contributed by atoms with van der Waals surface area (Å²) in [5, 5.41) is 4.84. The second kappa shape index (κ2) is 9.17. The Morgan fingerprint density at radius 3 is 2.57 bits per heavy atom. The van der Waals surface area contributed by atoms with Crippen LogP contribution in [-0.4, -0.2) is 61.0 Å². The summed E-state index contributed by atoms with van der Waals surface area (Å²) in [5.74, 6) is -0.276. The molecular formula is C15H21BrN4O2S. The lowest BCUT2D eigenvalue weighted by molar-refractivity contribution is -0.121. The van der Waals surface area contributed by atoms with Crippen LogP contribution in [0.25, 0.3) is 0 Å². The molecule has 23 heavy (non-hydrogen) atoms. The number of piperazine rings is 1. The third-order valence-electron chi connectivity index (χ3n) is 3.50. The van der Waals surface area contributed by atoms with Crippen LogP contribution in [0.15, 0.2) is 28.6 Å². The van der Waals surface area contributed by atoms with Crippen LogP contribution in [0.2, 0.25) is 0 Å². The van der Waals surface area contributed by atoms with E-state index >= 15 is 0 Å². The normalized spacial score (nSPS) is 16.0. The number of thiophene rings is 1. The molecule has 0 spiro atoms. The highest BCUT2D eigenvalue weighted by Gasteiger charge is 2.20. The fourth-order valence-electron chi connectivity index (χ4n) is 2.34. The Morgan fingerprint density at radius 1 is 1.26 bits per heavy atom. The number of urea groups is 1. The molecule has 0 aliphatic carbocycles. The van der Waals surface area contributed by atoms with Crippen molar-refractivity contribution in [2.24, 2.45) is 0 Å². The average molecular weight is 401 g/mol. The molecule has 1 aromatic rings. The molecule has 0 aromatic carbocycles. The smallest absolute Gasteiger partial charge is 0.321 e. The van der Waals surface area contributed by atoms with Crippen LogP contribution in [-0.2, 0) is 11.3 Å². The molecule has 1 aromatic heterocycles. The van der Waals surface area contributed by atoms with E-state index in [9.17, 15) is 9.59 Å². The molecule has 126 valence electrons. The van der Waals surface area contributed by atoms with E-state index in [2.05, 4.69) is 55.1 Å². The summed E-state index contributed by atoms with van der Waals surface area (Å²) in [7, 11) is 0. The predicted molar refractivity (Wildman–Crippen MR) is 95.5 cm³/mol. The lowest BCUT2D eigenvalue weighted by Gasteiger charge is -2.33. The van der Waals surface area contributed by atoms with E-state index < -0.39 is 6.03 Å². The average Bonchev–Trinajstić information content (AvgIpc) is 2.92. The van der Waals surface area contributed by atoms with Crippen molar-refractivity contribution in [3.05, 3.63) is 33.5 Å². The van der Waals surface area contributed by atoms with Crippen LogP contribution < -0.4 is 10.6 Å². The van der Waals surface area contributed by atoms with Gasteiger partial charge in [0, 0.05) is 44.1 Å². The monoisotopic (exact) mass is 400 g/mol. The van der Waals surface area contributed by atoms with E-state index in [0.717, 1.165) is 36.5 Å². The molecule has 1 aliphatic rings. The number of halogens is 1. The minimum Gasteiger partial charge on any atom is -0.334 e. The number of hydrogen-bond acceptors (Lipinski definition) is 5. The molecule has 0 unspecified atom stereocenters. The molecule has 0 atom stereocenters. The van der Waals surface area contributed by atoms with Crippen molar-refractivity contribution in [3.8, 4) is 0 Å². The fraction of sp³-hybridized carbons (Fsp3) is 0.467. The second-order valence-corrected chi connectivity index (χ2v) is 7.85. The molecule has 2 heterocycles. The number of carbonyl (C=O) groups is 2. The highest BCUT2D eigenvalue weighted by atomic mass is 79.9. The van der Waals surface area contributed by atoms with Crippen LogP contribution in [0.5, 0.6) is 0 Å². The van der Waals surface area contributed by atoms with E-state index in [-0.39, 0.29) is 12.5 Å². The predicted octanol–water partition coefficient (Wildman–Crippen LogP) is 1.64. The molecule has 1 saturated heterocycles. The highest BCUT2D eigenvalue weighted by molar-refractivity contribution is 9.11. The van der Waals surface area contributed by atoms with Crippen LogP contribution in [0.1, 0.15) is 4.88 Å². The number of imide groups is 1. The topological polar surface area (TPSA) is 64.7 Å². The van der Waals surface area contributed by atoms with Gasteiger partial charge in [0.1, 0.15) is 0 Å². The minimum atomic E-state index is -0.475. The van der Waals surface area contributed by atoms with Gasteiger partial charge in [-0.25, -0.2) is 4.79 Å². The second-order valence-electron chi connectivity index (χ2n) is 5.30. The zero-order valence-corrected chi connectivity index (χ0v) is 15.3. The summed E-state index contributed by atoms with van der Waals surface area (Å²) in [5.41, 5.74) is 0. The van der Waals surface area contributed by atoms with Gasteiger partial charge in [0.15, 0.2) is 0 Å². The molecule has 2 N–H and O–H groups in total. The lowest BCUT2D eigenvalue weighted by atomic mass is 10.3. The van der Waals surface area contributed by atoms with Gasteiger partial charge in [-0.05, 0) is 28.1 Å². The first-order valence-corrected chi connectivity index (χ1v) is 9.05. The summed E-state index contributed by atoms with van der Waals surface area (Å²) in [6, 6.07) is 3.73. The number of rotatable bonds is 6. The maximum absolute atomic E-state index is 11.8. The molecule has 2 rings (SSSR count). The Balaban J connectivity index is 1.67. The minimum absolute atomic E-state index is 0.250. The van der Waals surface area contributed by atoms with Crippen molar-refractivity contribution in [1.82, 2.24) is 20.4 Å². The van der Waals surface area contributed by atoms with E-state index in [1.165, 1.54) is 4.88 Å². The molecule has 1 fully saturated rings. The van der Waals surface area contributed by atoms with Crippen molar-refractivity contribution in [1.29, 1.82) is 0 Å². The summed E-state index contributed by atoms with van der Waals surface area (Å²) in [6.45, 7) is 8.54. The number of amides is 3. The van der Waals surface area contributed by atoms with Gasteiger partial charge in [-0.3, -0.25) is 19.9 Å². The zero-order chi connectivity index (χ0) is 16.7. The zero-order valence-electron chi connectivity index (χ0n) is 12.9. The fourth-order valence-corrected chi connectivity index (χ4v) is 3.87. The maximum atomic E-state index is 11.8. The SMILES string of the molecule is C=CCNC(=O)NC(=O)CN1CCN(Cc2ccc(Br)s2)CC1. The van der Waals surface area contributed by atoms with Crippen molar-refractivity contribution in [3.63, 3.8) is 0 Å². The maximum Gasteiger partial charge on any atom is 0.321 e. The van der Waals surface area contributed by atoms with E-state index in [4.69, 9.17) is 0 Å². The van der Waals surface area contributed by atoms with E-state index in [1.54, 1.807) is 17.4 Å². The van der Waals surface area contributed by atoms with Crippen molar-refractivity contribution in [2.45, 2.75) is 6.54 Å². The van der Waals surface area contributed by atoms with E-state index in [1.807, 2.05) is 0 Å². The van der Waals surface area contributed by atoms with Gasteiger partial charge in [0.2, 0.25) is 5.91 Å². The Kier molecular flexibility index (Phi) is 7.22. The van der Waals surface area contributed by atoms with Crippen LogP contribution in [0.3, 0.4) is 0 Å². The molecule has 0 radical (unpaired) electrons. The molecule has 0 bridgehead atoms. The first-order chi connectivity index (χ1) is 11.1. The summed E-state index contributed by atoms with van der Waals surface area (Å²) < 4.78 is 1.15. The van der Waals surface area contributed by atoms with Gasteiger partial charge in [0.25, 0.3) is 0 Å². The third kappa shape index (κ3) is 6.42. The Morgan fingerprint density at radius 2 is 1.96 bits per heavy atom. The summed E-state index contributed by atoms with van der Waals surface area (Å²) in [4.78, 5) is 29.0. The molecule has 8 heteroatoms. The first-order valence-electron chi connectivity index (χ1n) is 7.44. The summed E-state index contributed by atoms with van der Waals surface area (Å²) >= 11 is 5.23. The molecule has 6 nitrogen and oxygen atoms in total. The Labute approximate surface area is 148 Å². The number of nitrogens with one attached hydrogen (secondary N) is 2. The third-order valence-corrected chi connectivity index (χ3v) is 5.11. The van der Waals surface area contributed by atoms with Gasteiger partial charge in [-0.1, -0.05) is 6.08 Å². The highest BCUT2D eigenvalue weighted by Crippen LogP contribution is 2.23. The number of nitrogens with zero attached hydrogens (tertiary/aromatic N) is 2. The van der Waals surface area contributed by atoms with Crippen molar-refractivity contribution >= 4 is 39.2 Å². The van der Waals surface area contributed by atoms with Gasteiger partial charge in [-0.2, -0.15) is 0 Å². The number of hydrogen-bond donors (Lipinski definition) is 2. The van der Waals surface area contributed by atoms with Gasteiger partial charge in [-0.15, -0.1) is 17.9 Å². The van der Waals surface area contributed by atoms with Crippen molar-refractivity contribution in [2.75, 3.05) is 39.3 Å². The molecule has 3 amide bonds. The number of carbonyl (C=O) groups excluding carboxylic acids is 2. The largest absolute Gasteiger partial charge is 0.334 e. The van der Waals surface area contributed by atoms with Gasteiger partial charge in [0.05, 0.1) is 10.3 Å². The molecule has 0 saturated carbocycles.